The van der Waals surface area contributed by atoms with Gasteiger partial charge in [0.1, 0.15) is 11.0 Å². The maximum atomic E-state index is 11.4. The first-order valence-electron chi connectivity index (χ1n) is 5.95. The van der Waals surface area contributed by atoms with Gasteiger partial charge < -0.3 is 11.1 Å². The number of aromatic nitrogens is 2. The van der Waals surface area contributed by atoms with Crippen molar-refractivity contribution in [2.45, 2.75) is 17.9 Å². The molecule has 5 N–H and O–H groups in total. The van der Waals surface area contributed by atoms with Crippen LogP contribution in [0.25, 0.3) is 0 Å². The lowest BCUT2D eigenvalue weighted by atomic mass is 10.1. The number of hydrogen-bond donors (Lipinski definition) is 3. The summed E-state index contributed by atoms with van der Waals surface area (Å²) >= 11 is 5.80. The topological polar surface area (TPSA) is 124 Å². The van der Waals surface area contributed by atoms with Gasteiger partial charge in [-0.2, -0.15) is 4.98 Å². The molecule has 112 valence electrons. The predicted octanol–water partition coefficient (Wildman–Crippen LogP) is 1.53. The number of halogens is 1. The van der Waals surface area contributed by atoms with E-state index in [4.69, 9.17) is 22.5 Å². The van der Waals surface area contributed by atoms with E-state index in [1.54, 1.807) is 12.1 Å². The monoisotopic (exact) mass is 327 g/mol. The lowest BCUT2D eigenvalue weighted by molar-refractivity contribution is 0.597. The third-order valence-corrected chi connectivity index (χ3v) is 3.87. The molecule has 0 fully saturated rings. The molecule has 0 bridgehead atoms. The van der Waals surface area contributed by atoms with Crippen molar-refractivity contribution in [1.29, 1.82) is 0 Å². The van der Waals surface area contributed by atoms with E-state index >= 15 is 0 Å². The van der Waals surface area contributed by atoms with E-state index in [2.05, 4.69) is 15.3 Å². The highest BCUT2D eigenvalue weighted by molar-refractivity contribution is 7.89. The molecule has 9 heteroatoms. The van der Waals surface area contributed by atoms with Gasteiger partial charge in [0.05, 0.1) is 4.90 Å². The fourth-order valence-corrected chi connectivity index (χ4v) is 2.53. The van der Waals surface area contributed by atoms with Gasteiger partial charge in [-0.3, -0.25) is 0 Å². The van der Waals surface area contributed by atoms with Gasteiger partial charge >= 0.3 is 0 Å². The van der Waals surface area contributed by atoms with Gasteiger partial charge in [0.15, 0.2) is 0 Å². The summed E-state index contributed by atoms with van der Waals surface area (Å²) in [7, 11) is -3.74. The van der Waals surface area contributed by atoms with Crippen LogP contribution >= 0.6 is 11.6 Å². The van der Waals surface area contributed by atoms with E-state index in [0.717, 1.165) is 5.56 Å². The largest absolute Gasteiger partial charge is 0.368 e. The standard InChI is InChI=1S/C12H14ClN5O2S/c1-7(16-11-6-10(13)17-12(14)18-11)8-3-2-4-9(5-8)21(15,19)20/h2-7H,1H3,(H2,15,19,20)(H3,14,16,17,18). The Morgan fingerprint density at radius 3 is 2.62 bits per heavy atom. The average molecular weight is 328 g/mol. The number of sulfonamides is 1. The average Bonchev–Trinajstić information content (AvgIpc) is 2.36. The van der Waals surface area contributed by atoms with Gasteiger partial charge in [-0.1, -0.05) is 23.7 Å². The van der Waals surface area contributed by atoms with Crippen LogP contribution in [0.4, 0.5) is 11.8 Å². The lowest BCUT2D eigenvalue weighted by Gasteiger charge is -2.16. The summed E-state index contributed by atoms with van der Waals surface area (Å²) in [5, 5.41) is 8.40. The highest BCUT2D eigenvalue weighted by atomic mass is 35.5. The molecule has 0 aliphatic heterocycles. The smallest absolute Gasteiger partial charge is 0.238 e. The fraction of sp³-hybridized carbons (Fsp3) is 0.167. The van der Waals surface area contributed by atoms with Crippen molar-refractivity contribution in [3.8, 4) is 0 Å². The molecule has 1 atom stereocenters. The molecule has 7 nitrogen and oxygen atoms in total. The molecule has 1 aromatic carbocycles. The Kier molecular flexibility index (Phi) is 4.31. The highest BCUT2D eigenvalue weighted by Crippen LogP contribution is 2.22. The minimum Gasteiger partial charge on any atom is -0.368 e. The molecule has 1 unspecified atom stereocenters. The molecule has 2 rings (SSSR count). The quantitative estimate of drug-likeness (QED) is 0.731. The Labute approximate surface area is 127 Å². The molecular weight excluding hydrogens is 314 g/mol. The van der Waals surface area contributed by atoms with Crippen molar-refractivity contribution in [2.75, 3.05) is 11.1 Å². The van der Waals surface area contributed by atoms with Crippen molar-refractivity contribution in [1.82, 2.24) is 9.97 Å². The molecule has 0 aliphatic rings. The van der Waals surface area contributed by atoms with Gasteiger partial charge in [0, 0.05) is 12.1 Å². The van der Waals surface area contributed by atoms with Gasteiger partial charge in [0.2, 0.25) is 16.0 Å². The summed E-state index contributed by atoms with van der Waals surface area (Å²) < 4.78 is 22.7. The van der Waals surface area contributed by atoms with Crippen molar-refractivity contribution >= 4 is 33.4 Å². The number of nitrogens with one attached hydrogen (secondary N) is 1. The van der Waals surface area contributed by atoms with Crippen LogP contribution in [0, 0.1) is 0 Å². The third kappa shape index (κ3) is 4.03. The Hall–Kier alpha value is -1.90. The number of nitrogen functional groups attached to an aromatic ring is 1. The van der Waals surface area contributed by atoms with Gasteiger partial charge in [0.25, 0.3) is 0 Å². The summed E-state index contributed by atoms with van der Waals surface area (Å²) in [6, 6.07) is 7.63. The van der Waals surface area contributed by atoms with Crippen molar-refractivity contribution in [3.63, 3.8) is 0 Å². The number of anilines is 2. The van der Waals surface area contributed by atoms with Crippen molar-refractivity contribution < 1.29 is 8.42 Å². The van der Waals surface area contributed by atoms with Crippen LogP contribution < -0.4 is 16.2 Å². The normalized spacial score (nSPS) is 12.9. The third-order valence-electron chi connectivity index (χ3n) is 2.76. The summed E-state index contributed by atoms with van der Waals surface area (Å²) in [6.45, 7) is 1.84. The van der Waals surface area contributed by atoms with Crippen LogP contribution in [0.3, 0.4) is 0 Å². The summed E-state index contributed by atoms with van der Waals surface area (Å²) in [6.07, 6.45) is 0. The molecule has 0 amide bonds. The molecule has 0 saturated heterocycles. The molecule has 0 saturated carbocycles. The number of hydrogen-bond acceptors (Lipinski definition) is 6. The minimum atomic E-state index is -3.74. The van der Waals surface area contributed by atoms with E-state index in [-0.39, 0.29) is 22.0 Å². The number of primary sulfonamides is 1. The second kappa shape index (κ2) is 5.84. The fourth-order valence-electron chi connectivity index (χ4n) is 1.78. The zero-order chi connectivity index (χ0) is 15.6. The molecular formula is C12H14ClN5O2S. The van der Waals surface area contributed by atoms with E-state index in [1.807, 2.05) is 6.92 Å². The molecule has 2 aromatic rings. The Morgan fingerprint density at radius 2 is 2.00 bits per heavy atom. The van der Waals surface area contributed by atoms with E-state index < -0.39 is 10.0 Å². The van der Waals surface area contributed by atoms with Gasteiger partial charge in [-0.05, 0) is 24.6 Å². The highest BCUT2D eigenvalue weighted by Gasteiger charge is 2.12. The molecule has 0 aliphatic carbocycles. The number of nitrogens with zero attached hydrogens (tertiary/aromatic N) is 2. The van der Waals surface area contributed by atoms with E-state index in [0.29, 0.717) is 5.82 Å². The van der Waals surface area contributed by atoms with Crippen molar-refractivity contribution in [2.24, 2.45) is 5.14 Å². The summed E-state index contributed by atoms with van der Waals surface area (Å²) in [5.74, 6) is 0.497. The Morgan fingerprint density at radius 1 is 1.29 bits per heavy atom. The first kappa shape index (κ1) is 15.5. The second-order valence-electron chi connectivity index (χ2n) is 4.42. The number of nitrogens with two attached hydrogens (primary N) is 2. The van der Waals surface area contributed by atoms with E-state index in [1.165, 1.54) is 18.2 Å². The van der Waals surface area contributed by atoms with Crippen LogP contribution in [0.15, 0.2) is 35.2 Å². The SMILES string of the molecule is CC(Nc1cc(Cl)nc(N)n1)c1cccc(S(N)(=O)=O)c1. The lowest BCUT2D eigenvalue weighted by Crippen LogP contribution is -2.14. The van der Waals surface area contributed by atoms with Crippen LogP contribution in [0.5, 0.6) is 0 Å². The zero-order valence-corrected chi connectivity index (χ0v) is 12.7. The van der Waals surface area contributed by atoms with Gasteiger partial charge in [-0.15, -0.1) is 0 Å². The maximum Gasteiger partial charge on any atom is 0.238 e. The molecule has 21 heavy (non-hydrogen) atoms. The first-order chi connectivity index (χ1) is 9.75. The predicted molar refractivity (Wildman–Crippen MR) is 81.3 cm³/mol. The van der Waals surface area contributed by atoms with Crippen LogP contribution in [0.2, 0.25) is 5.15 Å². The summed E-state index contributed by atoms with van der Waals surface area (Å²) in [4.78, 5) is 7.81. The molecule has 1 heterocycles. The first-order valence-corrected chi connectivity index (χ1v) is 7.87. The van der Waals surface area contributed by atoms with E-state index in [9.17, 15) is 8.42 Å². The molecule has 1 aromatic heterocycles. The number of rotatable bonds is 4. The zero-order valence-electron chi connectivity index (χ0n) is 11.1. The van der Waals surface area contributed by atoms with Crippen molar-refractivity contribution in [3.05, 3.63) is 41.0 Å². The van der Waals surface area contributed by atoms with Crippen LogP contribution in [0.1, 0.15) is 18.5 Å². The Bertz CT molecular complexity index is 746. The van der Waals surface area contributed by atoms with Gasteiger partial charge in [-0.25, -0.2) is 18.5 Å². The molecule has 0 spiro atoms. The van der Waals surface area contributed by atoms with Crippen LogP contribution in [-0.2, 0) is 10.0 Å². The number of benzene rings is 1. The Balaban J connectivity index is 2.26. The second-order valence-corrected chi connectivity index (χ2v) is 6.37. The molecule has 0 radical (unpaired) electrons. The van der Waals surface area contributed by atoms with Crippen LogP contribution in [-0.4, -0.2) is 18.4 Å². The maximum absolute atomic E-state index is 11.4. The minimum absolute atomic E-state index is 0.0499. The summed E-state index contributed by atoms with van der Waals surface area (Å²) in [5.41, 5.74) is 6.24.